The summed E-state index contributed by atoms with van der Waals surface area (Å²) in [5, 5.41) is 6.60. The van der Waals surface area contributed by atoms with Crippen LogP contribution >= 0.6 is 0 Å². The molecule has 4 aromatic rings. The van der Waals surface area contributed by atoms with Gasteiger partial charge in [0.25, 0.3) is 11.8 Å². The first-order valence-electron chi connectivity index (χ1n) is 10.7. The molecule has 0 atom stereocenters. The van der Waals surface area contributed by atoms with Crippen molar-refractivity contribution in [2.24, 2.45) is 5.73 Å². The summed E-state index contributed by atoms with van der Waals surface area (Å²) in [6, 6.07) is 13.5. The van der Waals surface area contributed by atoms with E-state index < -0.39 is 17.6 Å². The smallest absolute Gasteiger partial charge is 0.275 e. The summed E-state index contributed by atoms with van der Waals surface area (Å²) in [6.07, 6.45) is 2.47. The molecule has 0 bridgehead atoms. The van der Waals surface area contributed by atoms with Crippen LogP contribution in [0.5, 0.6) is 11.5 Å². The number of anilines is 2. The Bertz CT molecular complexity index is 1380. The normalized spacial score (nSPS) is 10.7. The monoisotopic (exact) mass is 477 g/mol. The van der Waals surface area contributed by atoms with Gasteiger partial charge in [-0.25, -0.2) is 9.37 Å². The second-order valence-electron chi connectivity index (χ2n) is 7.67. The molecule has 2 heterocycles. The average Bonchev–Trinajstić information content (AvgIpc) is 3.27. The Labute approximate surface area is 200 Å². The second kappa shape index (κ2) is 10.1. The van der Waals surface area contributed by atoms with Crippen molar-refractivity contribution in [1.82, 2.24) is 9.97 Å². The third-order valence-electron chi connectivity index (χ3n) is 5.43. The van der Waals surface area contributed by atoms with Gasteiger partial charge in [-0.2, -0.15) is 0 Å². The molecule has 0 saturated heterocycles. The van der Waals surface area contributed by atoms with Crippen LogP contribution in [-0.4, -0.2) is 42.5 Å². The van der Waals surface area contributed by atoms with Gasteiger partial charge in [-0.1, -0.05) is 18.2 Å². The predicted molar refractivity (Wildman–Crippen MR) is 131 cm³/mol. The van der Waals surface area contributed by atoms with E-state index in [1.54, 1.807) is 18.2 Å². The molecule has 2 amide bonds. The third-order valence-corrected chi connectivity index (χ3v) is 5.43. The molecule has 2 aromatic heterocycles. The molecule has 5 N–H and O–H groups in total. The Morgan fingerprint density at radius 3 is 2.49 bits per heavy atom. The van der Waals surface area contributed by atoms with Crippen LogP contribution in [0.1, 0.15) is 26.4 Å². The highest BCUT2D eigenvalue weighted by atomic mass is 19.1. The molecule has 0 saturated carbocycles. The molecule has 0 aliphatic carbocycles. The van der Waals surface area contributed by atoms with E-state index in [1.807, 2.05) is 30.5 Å². The van der Waals surface area contributed by atoms with Crippen molar-refractivity contribution in [3.8, 4) is 11.5 Å². The first kappa shape index (κ1) is 23.6. The first-order valence-corrected chi connectivity index (χ1v) is 10.7. The summed E-state index contributed by atoms with van der Waals surface area (Å²) in [6.45, 7) is 0.343. The van der Waals surface area contributed by atoms with E-state index in [0.717, 1.165) is 22.5 Å². The number of aromatic amines is 1. The highest BCUT2D eigenvalue weighted by molar-refractivity contribution is 6.11. The van der Waals surface area contributed by atoms with Gasteiger partial charge in [-0.15, -0.1) is 0 Å². The van der Waals surface area contributed by atoms with Gasteiger partial charge < -0.3 is 30.8 Å². The number of nitrogens with zero attached hydrogens (tertiary/aromatic N) is 1. The van der Waals surface area contributed by atoms with Gasteiger partial charge in [0.05, 0.1) is 19.8 Å². The van der Waals surface area contributed by atoms with Crippen LogP contribution < -0.4 is 25.8 Å². The Kier molecular flexibility index (Phi) is 6.81. The molecular weight excluding hydrogens is 453 g/mol. The summed E-state index contributed by atoms with van der Waals surface area (Å²) in [5.41, 5.74) is 7.13. The molecule has 0 aliphatic heterocycles. The predicted octanol–water partition coefficient (Wildman–Crippen LogP) is 3.73. The Hall–Kier alpha value is -4.60. The Morgan fingerprint density at radius 2 is 1.80 bits per heavy atom. The quantitative estimate of drug-likeness (QED) is 0.291. The van der Waals surface area contributed by atoms with Crippen LogP contribution in [0.2, 0.25) is 0 Å². The number of methoxy groups -OCH3 is 2. The number of primary amides is 1. The van der Waals surface area contributed by atoms with Crippen LogP contribution in [0.25, 0.3) is 10.9 Å². The number of halogens is 1. The number of carbonyl (C=O) groups excluding carboxylic acids is 2. The molecular formula is C25H24FN5O4. The maximum absolute atomic E-state index is 14.7. The SMILES string of the molecule is COc1cc(NC(=O)c2nc(NCCc3c[nH]c4ccccc34)c(F)cc2C(N)=O)cc(OC)c1. The number of hydrogen-bond donors (Lipinski definition) is 4. The fraction of sp³-hybridized carbons (Fsp3) is 0.160. The van der Waals surface area contributed by atoms with Gasteiger partial charge in [0.2, 0.25) is 0 Å². The number of pyridine rings is 1. The fourth-order valence-corrected chi connectivity index (χ4v) is 3.70. The number of amides is 2. The molecule has 0 fully saturated rings. The van der Waals surface area contributed by atoms with Gasteiger partial charge in [0.1, 0.15) is 17.2 Å². The summed E-state index contributed by atoms with van der Waals surface area (Å²) >= 11 is 0. The maximum atomic E-state index is 14.7. The second-order valence-corrected chi connectivity index (χ2v) is 7.67. The fourth-order valence-electron chi connectivity index (χ4n) is 3.70. The van der Waals surface area contributed by atoms with Gasteiger partial charge in [0, 0.05) is 47.5 Å². The van der Waals surface area contributed by atoms with E-state index >= 15 is 0 Å². The molecule has 9 nitrogen and oxygen atoms in total. The lowest BCUT2D eigenvalue weighted by Gasteiger charge is -2.13. The molecule has 10 heteroatoms. The lowest BCUT2D eigenvalue weighted by atomic mass is 10.1. The minimum Gasteiger partial charge on any atom is -0.497 e. The summed E-state index contributed by atoms with van der Waals surface area (Å²) < 4.78 is 25.1. The number of H-pyrrole nitrogens is 1. The standard InChI is InChI=1S/C25H24FN5O4/c1-34-16-9-15(10-17(11-16)35-2)30-25(33)22-19(23(27)32)12-20(26)24(31-22)28-8-7-14-13-29-21-6-4-3-5-18(14)21/h3-6,9-13,29H,7-8H2,1-2H3,(H2,27,32)(H,28,31)(H,30,33). The topological polar surface area (TPSA) is 131 Å². The first-order chi connectivity index (χ1) is 16.9. The number of para-hydroxylation sites is 1. The number of aromatic nitrogens is 2. The van der Waals surface area contributed by atoms with Crippen LogP contribution in [0.15, 0.2) is 54.7 Å². The Morgan fingerprint density at radius 1 is 1.09 bits per heavy atom. The minimum absolute atomic E-state index is 0.164. The minimum atomic E-state index is -0.977. The number of benzene rings is 2. The molecule has 180 valence electrons. The number of fused-ring (bicyclic) bond motifs is 1. The van der Waals surface area contributed by atoms with Crippen LogP contribution in [0, 0.1) is 5.82 Å². The van der Waals surface area contributed by atoms with Gasteiger partial charge in [0.15, 0.2) is 11.6 Å². The number of hydrogen-bond acceptors (Lipinski definition) is 6. The van der Waals surface area contributed by atoms with E-state index in [1.165, 1.54) is 14.2 Å². The van der Waals surface area contributed by atoms with Crippen molar-refractivity contribution in [2.45, 2.75) is 6.42 Å². The van der Waals surface area contributed by atoms with Crippen molar-refractivity contribution >= 4 is 34.2 Å². The van der Waals surface area contributed by atoms with Gasteiger partial charge in [-0.05, 0) is 24.1 Å². The lowest BCUT2D eigenvalue weighted by molar-refractivity contribution is 0.0973. The maximum Gasteiger partial charge on any atom is 0.275 e. The number of ether oxygens (including phenoxy) is 2. The van der Waals surface area contributed by atoms with Crippen LogP contribution in [0.4, 0.5) is 15.9 Å². The molecule has 4 rings (SSSR count). The molecule has 0 aliphatic rings. The highest BCUT2D eigenvalue weighted by Crippen LogP contribution is 2.27. The summed E-state index contributed by atoms with van der Waals surface area (Å²) in [7, 11) is 2.95. The number of carbonyl (C=O) groups is 2. The lowest BCUT2D eigenvalue weighted by Crippen LogP contribution is -2.23. The van der Waals surface area contributed by atoms with Crippen molar-refractivity contribution in [3.63, 3.8) is 0 Å². The summed E-state index contributed by atoms with van der Waals surface area (Å²) in [4.78, 5) is 32.2. The molecule has 0 unspecified atom stereocenters. The largest absolute Gasteiger partial charge is 0.497 e. The number of nitrogens with two attached hydrogens (primary N) is 1. The number of nitrogens with one attached hydrogen (secondary N) is 3. The van der Waals surface area contributed by atoms with E-state index in [2.05, 4.69) is 20.6 Å². The highest BCUT2D eigenvalue weighted by Gasteiger charge is 2.22. The van der Waals surface area contributed by atoms with Crippen LogP contribution in [-0.2, 0) is 6.42 Å². The zero-order valence-corrected chi connectivity index (χ0v) is 19.1. The van der Waals surface area contributed by atoms with Crippen molar-refractivity contribution < 1.29 is 23.5 Å². The zero-order valence-electron chi connectivity index (χ0n) is 19.1. The third kappa shape index (κ3) is 5.16. The van der Waals surface area contributed by atoms with E-state index in [0.29, 0.717) is 30.2 Å². The molecule has 2 aromatic carbocycles. The molecule has 0 spiro atoms. The van der Waals surface area contributed by atoms with Crippen molar-refractivity contribution in [1.29, 1.82) is 0 Å². The average molecular weight is 477 g/mol. The van der Waals surface area contributed by atoms with Crippen molar-refractivity contribution in [3.05, 3.63) is 77.4 Å². The Balaban J connectivity index is 1.56. The number of rotatable bonds is 9. The summed E-state index contributed by atoms with van der Waals surface area (Å²) in [5.74, 6) is -1.78. The van der Waals surface area contributed by atoms with E-state index in [-0.39, 0.29) is 17.1 Å². The zero-order chi connectivity index (χ0) is 24.9. The molecule has 35 heavy (non-hydrogen) atoms. The van der Waals surface area contributed by atoms with Crippen LogP contribution in [0.3, 0.4) is 0 Å². The molecule has 0 radical (unpaired) electrons. The van der Waals surface area contributed by atoms with E-state index in [4.69, 9.17) is 15.2 Å². The van der Waals surface area contributed by atoms with Gasteiger partial charge >= 0.3 is 0 Å². The van der Waals surface area contributed by atoms with Crippen molar-refractivity contribution in [2.75, 3.05) is 31.4 Å². The van der Waals surface area contributed by atoms with Gasteiger partial charge in [-0.3, -0.25) is 9.59 Å². The van der Waals surface area contributed by atoms with E-state index in [9.17, 15) is 14.0 Å².